The van der Waals surface area contributed by atoms with Crippen LogP contribution in [0.25, 0.3) is 0 Å². The van der Waals surface area contributed by atoms with Crippen LogP contribution in [0.2, 0.25) is 10.0 Å². The van der Waals surface area contributed by atoms with Gasteiger partial charge in [0.25, 0.3) is 0 Å². The summed E-state index contributed by atoms with van der Waals surface area (Å²) in [6, 6.07) is 11.0. The van der Waals surface area contributed by atoms with E-state index in [4.69, 9.17) is 23.2 Å². The molecule has 0 radical (unpaired) electrons. The standard InChI is InChI=1S/C21H22Cl2N2O2/c1-3-13-6-5-7-14(4-2)20(13)25-12-15(10-19(25)26)21(27)24-18-11-16(22)8-9-17(18)23/h5-9,11,15H,3-4,10,12H2,1-2H3,(H,24,27)/t15-/m1/s1. The lowest BCUT2D eigenvalue weighted by Gasteiger charge is -2.23. The van der Waals surface area contributed by atoms with E-state index in [-0.39, 0.29) is 18.2 Å². The van der Waals surface area contributed by atoms with E-state index in [1.807, 2.05) is 18.2 Å². The van der Waals surface area contributed by atoms with Gasteiger partial charge in [0, 0.05) is 23.7 Å². The molecule has 0 spiro atoms. The second-order valence-electron chi connectivity index (χ2n) is 6.65. The van der Waals surface area contributed by atoms with Gasteiger partial charge in [0.15, 0.2) is 0 Å². The first-order valence-corrected chi connectivity index (χ1v) is 9.87. The predicted octanol–water partition coefficient (Wildman–Crippen LogP) is 5.11. The minimum atomic E-state index is -0.429. The van der Waals surface area contributed by atoms with Gasteiger partial charge >= 0.3 is 0 Å². The van der Waals surface area contributed by atoms with Crippen LogP contribution in [0.4, 0.5) is 11.4 Å². The molecule has 27 heavy (non-hydrogen) atoms. The third-order valence-electron chi connectivity index (χ3n) is 4.92. The van der Waals surface area contributed by atoms with Crippen molar-refractivity contribution in [2.24, 2.45) is 5.92 Å². The number of hydrogen-bond acceptors (Lipinski definition) is 2. The van der Waals surface area contributed by atoms with Gasteiger partial charge in [-0.2, -0.15) is 0 Å². The van der Waals surface area contributed by atoms with E-state index in [0.29, 0.717) is 22.3 Å². The van der Waals surface area contributed by atoms with Crippen molar-refractivity contribution in [3.05, 3.63) is 57.6 Å². The Morgan fingerprint density at radius 1 is 1.15 bits per heavy atom. The third kappa shape index (κ3) is 4.12. The van der Waals surface area contributed by atoms with Crippen molar-refractivity contribution in [3.8, 4) is 0 Å². The molecule has 2 amide bonds. The molecule has 0 bridgehead atoms. The van der Waals surface area contributed by atoms with Crippen LogP contribution >= 0.6 is 23.2 Å². The Morgan fingerprint density at radius 3 is 2.44 bits per heavy atom. The van der Waals surface area contributed by atoms with Crippen molar-refractivity contribution < 1.29 is 9.59 Å². The van der Waals surface area contributed by atoms with Gasteiger partial charge in [-0.1, -0.05) is 55.2 Å². The largest absolute Gasteiger partial charge is 0.324 e. The van der Waals surface area contributed by atoms with Crippen molar-refractivity contribution >= 4 is 46.4 Å². The minimum absolute atomic E-state index is 0.0251. The zero-order valence-electron chi connectivity index (χ0n) is 15.4. The Bertz CT molecular complexity index is 860. The average Bonchev–Trinajstić information content (AvgIpc) is 3.05. The number of anilines is 2. The first-order valence-electron chi connectivity index (χ1n) is 9.11. The molecule has 1 N–H and O–H groups in total. The van der Waals surface area contributed by atoms with Gasteiger partial charge < -0.3 is 10.2 Å². The number of hydrogen-bond donors (Lipinski definition) is 1. The van der Waals surface area contributed by atoms with Gasteiger partial charge in [0.1, 0.15) is 0 Å². The molecule has 1 atom stereocenters. The maximum atomic E-state index is 12.7. The molecule has 0 unspecified atom stereocenters. The molecule has 1 saturated heterocycles. The van der Waals surface area contributed by atoms with Crippen molar-refractivity contribution in [3.63, 3.8) is 0 Å². The van der Waals surface area contributed by atoms with Crippen LogP contribution in [0.15, 0.2) is 36.4 Å². The smallest absolute Gasteiger partial charge is 0.229 e. The number of nitrogens with zero attached hydrogens (tertiary/aromatic N) is 1. The zero-order chi connectivity index (χ0) is 19.6. The molecule has 0 aliphatic carbocycles. The van der Waals surface area contributed by atoms with Crippen LogP contribution in [-0.2, 0) is 22.4 Å². The Labute approximate surface area is 169 Å². The molecule has 142 valence electrons. The summed E-state index contributed by atoms with van der Waals surface area (Å²) >= 11 is 12.1. The fourth-order valence-corrected chi connectivity index (χ4v) is 3.83. The van der Waals surface area contributed by atoms with E-state index in [9.17, 15) is 9.59 Å². The van der Waals surface area contributed by atoms with Crippen molar-refractivity contribution in [2.45, 2.75) is 33.1 Å². The molecule has 3 rings (SSSR count). The molecule has 1 aliphatic heterocycles. The minimum Gasteiger partial charge on any atom is -0.324 e. The van der Waals surface area contributed by atoms with Gasteiger partial charge in [-0.3, -0.25) is 9.59 Å². The van der Waals surface area contributed by atoms with E-state index in [0.717, 1.165) is 29.7 Å². The lowest BCUT2D eigenvalue weighted by atomic mass is 10.0. The lowest BCUT2D eigenvalue weighted by Crippen LogP contribution is -2.29. The maximum Gasteiger partial charge on any atom is 0.229 e. The molecule has 2 aromatic carbocycles. The number of aryl methyl sites for hydroxylation is 2. The summed E-state index contributed by atoms with van der Waals surface area (Å²) < 4.78 is 0. The first kappa shape index (κ1) is 19.7. The zero-order valence-corrected chi connectivity index (χ0v) is 16.9. The number of halogens is 2. The monoisotopic (exact) mass is 404 g/mol. The average molecular weight is 405 g/mol. The van der Waals surface area contributed by atoms with Crippen LogP contribution in [0.3, 0.4) is 0 Å². The van der Waals surface area contributed by atoms with E-state index < -0.39 is 5.92 Å². The summed E-state index contributed by atoms with van der Waals surface area (Å²) in [6.45, 7) is 4.52. The molecule has 4 nitrogen and oxygen atoms in total. The van der Waals surface area contributed by atoms with Crippen molar-refractivity contribution in [1.29, 1.82) is 0 Å². The van der Waals surface area contributed by atoms with Gasteiger partial charge in [0.05, 0.1) is 16.6 Å². The molecular formula is C21H22Cl2N2O2. The number of rotatable bonds is 5. The summed E-state index contributed by atoms with van der Waals surface area (Å²) in [5.41, 5.74) is 3.68. The van der Waals surface area contributed by atoms with Crippen molar-refractivity contribution in [2.75, 3.05) is 16.8 Å². The van der Waals surface area contributed by atoms with Gasteiger partial charge in [-0.15, -0.1) is 0 Å². The highest BCUT2D eigenvalue weighted by molar-refractivity contribution is 6.35. The Hall–Kier alpha value is -2.04. The van der Waals surface area contributed by atoms with Gasteiger partial charge in [-0.05, 0) is 42.2 Å². The highest BCUT2D eigenvalue weighted by atomic mass is 35.5. The Kier molecular flexibility index (Phi) is 6.08. The van der Waals surface area contributed by atoms with Crippen LogP contribution in [0, 0.1) is 5.92 Å². The van der Waals surface area contributed by atoms with E-state index in [1.165, 1.54) is 0 Å². The number of carbonyl (C=O) groups excluding carboxylic acids is 2. The van der Waals surface area contributed by atoms with E-state index >= 15 is 0 Å². The van der Waals surface area contributed by atoms with Crippen LogP contribution in [0.5, 0.6) is 0 Å². The maximum absolute atomic E-state index is 12.7. The number of nitrogens with one attached hydrogen (secondary N) is 1. The van der Waals surface area contributed by atoms with Crippen LogP contribution in [0.1, 0.15) is 31.4 Å². The molecule has 2 aromatic rings. The summed E-state index contributed by atoms with van der Waals surface area (Å²) in [6.07, 6.45) is 1.86. The number of carbonyl (C=O) groups is 2. The summed E-state index contributed by atoms with van der Waals surface area (Å²) in [4.78, 5) is 27.2. The van der Waals surface area contributed by atoms with E-state index in [1.54, 1.807) is 23.1 Å². The number of benzene rings is 2. The van der Waals surface area contributed by atoms with Gasteiger partial charge in [-0.25, -0.2) is 0 Å². The van der Waals surface area contributed by atoms with Gasteiger partial charge in [0.2, 0.25) is 11.8 Å². The molecule has 1 heterocycles. The molecular weight excluding hydrogens is 383 g/mol. The molecule has 1 fully saturated rings. The van der Waals surface area contributed by atoms with Crippen LogP contribution < -0.4 is 10.2 Å². The Balaban J connectivity index is 1.82. The summed E-state index contributed by atoms with van der Waals surface area (Å²) in [7, 11) is 0. The highest BCUT2D eigenvalue weighted by Gasteiger charge is 2.36. The first-order chi connectivity index (χ1) is 12.9. The quantitative estimate of drug-likeness (QED) is 0.752. The second-order valence-corrected chi connectivity index (χ2v) is 7.49. The SMILES string of the molecule is CCc1cccc(CC)c1N1C[C@H](C(=O)Nc2cc(Cl)ccc2Cl)CC1=O. The molecule has 0 aromatic heterocycles. The summed E-state index contributed by atoms with van der Waals surface area (Å²) in [5, 5.41) is 3.71. The fraction of sp³-hybridized carbons (Fsp3) is 0.333. The predicted molar refractivity (Wildman–Crippen MR) is 111 cm³/mol. The molecule has 1 aliphatic rings. The third-order valence-corrected chi connectivity index (χ3v) is 5.48. The van der Waals surface area contributed by atoms with Crippen molar-refractivity contribution in [1.82, 2.24) is 0 Å². The fourth-order valence-electron chi connectivity index (χ4n) is 3.49. The lowest BCUT2D eigenvalue weighted by molar-refractivity contribution is -0.122. The second kappa shape index (κ2) is 8.32. The van der Waals surface area contributed by atoms with Crippen LogP contribution in [-0.4, -0.2) is 18.4 Å². The molecule has 6 heteroatoms. The normalized spacial score (nSPS) is 16.7. The Morgan fingerprint density at radius 2 is 1.81 bits per heavy atom. The number of amides is 2. The molecule has 0 saturated carbocycles. The topological polar surface area (TPSA) is 49.4 Å². The highest BCUT2D eigenvalue weighted by Crippen LogP contribution is 2.33. The summed E-state index contributed by atoms with van der Waals surface area (Å²) in [5.74, 6) is -0.674. The number of para-hydroxylation sites is 1. The van der Waals surface area contributed by atoms with E-state index in [2.05, 4.69) is 19.2 Å².